The molecule has 0 bridgehead atoms. The third kappa shape index (κ3) is 2.02. The molecule has 6 nitrogen and oxygen atoms in total. The molecule has 0 aliphatic carbocycles. The molecule has 1 aliphatic heterocycles. The lowest BCUT2D eigenvalue weighted by atomic mass is 10.1. The number of amides is 2. The van der Waals surface area contributed by atoms with E-state index in [-0.39, 0.29) is 16.3 Å². The van der Waals surface area contributed by atoms with Crippen molar-refractivity contribution in [2.75, 3.05) is 0 Å². The molecule has 100 valence electrons. The molecular formula is C13H8N2O4S. The molecule has 0 unspecified atom stereocenters. The van der Waals surface area contributed by atoms with Crippen LogP contribution in [-0.2, 0) is 10.1 Å². The van der Waals surface area contributed by atoms with Gasteiger partial charge in [0.05, 0.1) is 5.36 Å². The highest BCUT2D eigenvalue weighted by molar-refractivity contribution is 7.86. The van der Waals surface area contributed by atoms with Gasteiger partial charge in [-0.25, -0.2) is 4.79 Å². The van der Waals surface area contributed by atoms with E-state index in [1.807, 2.05) is 0 Å². The maximum Gasteiger partial charge on any atom is 0.368 e. The Morgan fingerprint density at radius 3 is 2.30 bits per heavy atom. The fraction of sp³-hybridized carbons (Fsp3) is 0. The van der Waals surface area contributed by atoms with Crippen LogP contribution in [0.15, 0.2) is 57.3 Å². The van der Waals surface area contributed by atoms with Gasteiger partial charge in [-0.05, 0) is 11.6 Å². The molecule has 3 rings (SSSR count). The standard InChI is InChI=1S/C13H8N2O4S/c16-13-14-10-7-6-9(8-4-2-1-3-5-8)12(11(10)15-13)20(17,18)19/h1-7H,(H,17,18,19). The predicted molar refractivity (Wildman–Crippen MR) is 69.4 cm³/mol. The number of hydrogen-bond donors (Lipinski definition) is 1. The molecule has 1 aliphatic rings. The quantitative estimate of drug-likeness (QED) is 0.833. The lowest BCUT2D eigenvalue weighted by Gasteiger charge is -2.06. The lowest BCUT2D eigenvalue weighted by Crippen LogP contribution is -2.29. The summed E-state index contributed by atoms with van der Waals surface area (Å²) in [5.41, 5.74) is 0.873. The van der Waals surface area contributed by atoms with Crippen LogP contribution in [0.2, 0.25) is 0 Å². The summed E-state index contributed by atoms with van der Waals surface area (Å²) in [5, 5.41) is 0.0289. The van der Waals surface area contributed by atoms with Crippen LogP contribution in [0.25, 0.3) is 11.1 Å². The van der Waals surface area contributed by atoms with E-state index < -0.39 is 21.0 Å². The highest BCUT2D eigenvalue weighted by Gasteiger charge is 2.23. The van der Waals surface area contributed by atoms with Crippen LogP contribution < -0.4 is 10.7 Å². The Hall–Kier alpha value is -2.38. The number of hydrogen-bond acceptors (Lipinski definition) is 3. The number of carbonyl (C=O) groups is 1. The highest BCUT2D eigenvalue weighted by Crippen LogP contribution is 2.23. The molecule has 0 radical (unpaired) electrons. The summed E-state index contributed by atoms with van der Waals surface area (Å²) in [5.74, 6) is 0. The molecule has 2 aromatic rings. The van der Waals surface area contributed by atoms with Crippen LogP contribution in [-0.4, -0.2) is 19.0 Å². The predicted octanol–water partition coefficient (Wildman–Crippen LogP) is 0.973. The summed E-state index contributed by atoms with van der Waals surface area (Å²) < 4.78 is 32.7. The van der Waals surface area contributed by atoms with Crippen molar-refractivity contribution in [2.24, 2.45) is 9.98 Å². The van der Waals surface area contributed by atoms with E-state index in [4.69, 9.17) is 0 Å². The Labute approximate surface area is 113 Å². The summed E-state index contributed by atoms with van der Waals surface area (Å²) in [7, 11) is -4.54. The normalized spacial score (nSPS) is 13.6. The Bertz CT molecular complexity index is 934. The fourth-order valence-corrected chi connectivity index (χ4v) is 2.95. The molecule has 2 aromatic carbocycles. The molecule has 0 saturated carbocycles. The molecule has 0 spiro atoms. The second-order valence-corrected chi connectivity index (χ2v) is 5.52. The van der Waals surface area contributed by atoms with Crippen molar-refractivity contribution in [1.82, 2.24) is 0 Å². The summed E-state index contributed by atoms with van der Waals surface area (Å²) in [6.07, 6.45) is 0. The van der Waals surface area contributed by atoms with Crippen LogP contribution in [0.4, 0.5) is 4.79 Å². The third-order valence-electron chi connectivity index (χ3n) is 2.88. The van der Waals surface area contributed by atoms with E-state index in [9.17, 15) is 17.8 Å². The monoisotopic (exact) mass is 288 g/mol. The van der Waals surface area contributed by atoms with Crippen molar-refractivity contribution >= 4 is 16.1 Å². The first-order valence-electron chi connectivity index (χ1n) is 5.64. The largest absolute Gasteiger partial charge is 0.368 e. The van der Waals surface area contributed by atoms with Gasteiger partial charge in [-0.3, -0.25) is 4.55 Å². The molecule has 1 heterocycles. The maximum absolute atomic E-state index is 11.6. The minimum Gasteiger partial charge on any atom is -0.282 e. The number of rotatable bonds is 2. The Kier molecular flexibility index (Phi) is 2.73. The number of urea groups is 1. The first-order valence-corrected chi connectivity index (χ1v) is 7.08. The van der Waals surface area contributed by atoms with Gasteiger partial charge in [0.1, 0.15) is 10.3 Å². The maximum atomic E-state index is 11.6. The Balaban J connectivity index is 2.47. The first kappa shape index (κ1) is 12.6. The summed E-state index contributed by atoms with van der Waals surface area (Å²) in [6.45, 7) is 0. The average Bonchev–Trinajstić information content (AvgIpc) is 2.77. The molecule has 0 atom stereocenters. The number of benzene rings is 2. The molecular weight excluding hydrogens is 280 g/mol. The van der Waals surface area contributed by atoms with Gasteiger partial charge in [-0.15, -0.1) is 0 Å². The van der Waals surface area contributed by atoms with E-state index in [0.29, 0.717) is 5.56 Å². The average molecular weight is 288 g/mol. The van der Waals surface area contributed by atoms with Crippen molar-refractivity contribution < 1.29 is 17.8 Å². The van der Waals surface area contributed by atoms with Gasteiger partial charge in [-0.1, -0.05) is 36.4 Å². The van der Waals surface area contributed by atoms with Crippen molar-refractivity contribution in [2.45, 2.75) is 4.90 Å². The van der Waals surface area contributed by atoms with Gasteiger partial charge < -0.3 is 0 Å². The smallest absolute Gasteiger partial charge is 0.282 e. The highest BCUT2D eigenvalue weighted by atomic mass is 32.2. The van der Waals surface area contributed by atoms with Gasteiger partial charge in [0.2, 0.25) is 0 Å². The van der Waals surface area contributed by atoms with E-state index in [0.717, 1.165) is 0 Å². The minimum atomic E-state index is -4.54. The zero-order chi connectivity index (χ0) is 14.3. The van der Waals surface area contributed by atoms with Gasteiger partial charge >= 0.3 is 6.03 Å². The molecule has 7 heteroatoms. The van der Waals surface area contributed by atoms with Crippen LogP contribution >= 0.6 is 0 Å². The van der Waals surface area contributed by atoms with Gasteiger partial charge in [-0.2, -0.15) is 18.4 Å². The molecule has 0 fully saturated rings. The molecule has 0 saturated heterocycles. The minimum absolute atomic E-state index is 0.112. The molecule has 0 aromatic heterocycles. The van der Waals surface area contributed by atoms with Gasteiger partial charge in [0.15, 0.2) is 0 Å². The van der Waals surface area contributed by atoms with Crippen molar-refractivity contribution in [3.63, 3.8) is 0 Å². The number of carbonyl (C=O) groups excluding carboxylic acids is 1. The third-order valence-corrected chi connectivity index (χ3v) is 3.81. The van der Waals surface area contributed by atoms with E-state index >= 15 is 0 Å². The Morgan fingerprint density at radius 1 is 0.950 bits per heavy atom. The fourth-order valence-electron chi connectivity index (χ4n) is 2.09. The summed E-state index contributed by atoms with van der Waals surface area (Å²) in [6, 6.07) is 10.9. The van der Waals surface area contributed by atoms with Crippen molar-refractivity contribution in [3.05, 3.63) is 53.2 Å². The molecule has 1 N–H and O–H groups in total. The van der Waals surface area contributed by atoms with E-state index in [1.54, 1.807) is 30.3 Å². The van der Waals surface area contributed by atoms with Crippen LogP contribution in [0.3, 0.4) is 0 Å². The second kappa shape index (κ2) is 4.32. The SMILES string of the molecule is O=C1N=c2ccc(-c3ccccc3)c(S(=O)(=O)O)c2=N1. The Morgan fingerprint density at radius 2 is 1.65 bits per heavy atom. The number of nitrogens with zero attached hydrogens (tertiary/aromatic N) is 2. The van der Waals surface area contributed by atoms with Crippen molar-refractivity contribution in [1.29, 1.82) is 0 Å². The zero-order valence-electron chi connectivity index (χ0n) is 10.0. The molecule has 20 heavy (non-hydrogen) atoms. The van der Waals surface area contributed by atoms with Crippen LogP contribution in [0.1, 0.15) is 0 Å². The van der Waals surface area contributed by atoms with Crippen LogP contribution in [0, 0.1) is 0 Å². The van der Waals surface area contributed by atoms with E-state index in [1.165, 1.54) is 12.1 Å². The van der Waals surface area contributed by atoms with Gasteiger partial charge in [0, 0.05) is 5.56 Å². The van der Waals surface area contributed by atoms with E-state index in [2.05, 4.69) is 9.98 Å². The second-order valence-electron chi connectivity index (χ2n) is 4.16. The topological polar surface area (TPSA) is 96.2 Å². The zero-order valence-corrected chi connectivity index (χ0v) is 10.8. The summed E-state index contributed by atoms with van der Waals surface area (Å²) in [4.78, 5) is 18.0. The number of fused-ring (bicyclic) bond motifs is 1. The molecule has 2 amide bonds. The first-order chi connectivity index (χ1) is 9.47. The van der Waals surface area contributed by atoms with Crippen LogP contribution in [0.5, 0.6) is 0 Å². The summed E-state index contributed by atoms with van der Waals surface area (Å²) >= 11 is 0. The lowest BCUT2D eigenvalue weighted by molar-refractivity contribution is 0.256. The van der Waals surface area contributed by atoms with Gasteiger partial charge in [0.25, 0.3) is 10.1 Å². The van der Waals surface area contributed by atoms with Crippen molar-refractivity contribution in [3.8, 4) is 11.1 Å².